The highest BCUT2D eigenvalue weighted by atomic mass is 32.2. The van der Waals surface area contributed by atoms with Crippen molar-refractivity contribution >= 4 is 40.5 Å². The van der Waals surface area contributed by atoms with Gasteiger partial charge in [0.05, 0.1) is 23.2 Å². The highest BCUT2D eigenvalue weighted by Gasteiger charge is 2.56. The number of anilines is 1. The molecule has 5 rings (SSSR count). The lowest BCUT2D eigenvalue weighted by molar-refractivity contribution is 0.0849. The van der Waals surface area contributed by atoms with Crippen LogP contribution in [0.4, 0.5) is 5.69 Å². The summed E-state index contributed by atoms with van der Waals surface area (Å²) in [6, 6.07) is 9.32. The molecule has 2 aromatic heterocycles. The van der Waals surface area contributed by atoms with Gasteiger partial charge in [-0.15, -0.1) is 0 Å². The summed E-state index contributed by atoms with van der Waals surface area (Å²) in [6.45, 7) is 15.5. The Hall–Kier alpha value is -2.56. The van der Waals surface area contributed by atoms with E-state index < -0.39 is 23.3 Å². The molecule has 1 aliphatic carbocycles. The number of hydrogen-bond acceptors (Lipinski definition) is 7. The lowest BCUT2D eigenvalue weighted by Gasteiger charge is -2.22. The van der Waals surface area contributed by atoms with Gasteiger partial charge in [-0.2, -0.15) is 0 Å². The van der Waals surface area contributed by atoms with Gasteiger partial charge in [0.2, 0.25) is 0 Å². The largest absolute Gasteiger partial charge is 0.371 e. The molecule has 10 heteroatoms. The minimum Gasteiger partial charge on any atom is -0.371 e. The van der Waals surface area contributed by atoms with Gasteiger partial charge in [0.1, 0.15) is 22.1 Å². The molecule has 40 heavy (non-hydrogen) atoms. The molecule has 0 N–H and O–H groups in total. The second-order valence-electron chi connectivity index (χ2n) is 13.9. The monoisotopic (exact) mass is 582 g/mol. The van der Waals surface area contributed by atoms with E-state index in [4.69, 9.17) is 14.7 Å². The third-order valence-corrected chi connectivity index (χ3v) is 10.8. The van der Waals surface area contributed by atoms with Crippen LogP contribution in [0.15, 0.2) is 36.7 Å². The number of ether oxygens (including phenoxy) is 1. The molecule has 2 fully saturated rings. The second-order valence-corrected chi connectivity index (χ2v) is 21.7. The fourth-order valence-corrected chi connectivity index (χ4v) is 7.67. The maximum atomic E-state index is 13.4. The number of aromatic nitrogens is 3. The maximum Gasteiger partial charge on any atom is 0.171 e. The van der Waals surface area contributed by atoms with Crippen LogP contribution in [0.2, 0.25) is 25.7 Å². The van der Waals surface area contributed by atoms with Crippen LogP contribution in [0.25, 0.3) is 22.4 Å². The minimum atomic E-state index is -2.94. The SMILES string of the molecule is CC(C)(C)C(=O)c1cn(COCC[Si](C)(C)C)c2ncc(-c3cccc(N4C[C@@H]5[C@H](C4)[C@H]5CS(C)(=O)=O)c3)nc12. The third kappa shape index (κ3) is 6.34. The Morgan fingerprint density at radius 2 is 1.85 bits per heavy atom. The van der Waals surface area contributed by atoms with Crippen molar-refractivity contribution in [1.29, 1.82) is 0 Å². The molecule has 1 aliphatic heterocycles. The zero-order chi connectivity index (χ0) is 29.0. The lowest BCUT2D eigenvalue weighted by Crippen LogP contribution is -2.25. The molecule has 0 amide bonds. The topological polar surface area (TPSA) is 94.4 Å². The fraction of sp³-hybridized carbons (Fsp3) is 0.567. The average molecular weight is 583 g/mol. The molecule has 1 saturated heterocycles. The summed E-state index contributed by atoms with van der Waals surface area (Å²) in [5, 5.41) is 0. The quantitative estimate of drug-likeness (QED) is 0.180. The first-order chi connectivity index (χ1) is 18.6. The molecule has 2 aliphatic rings. The van der Waals surface area contributed by atoms with Crippen LogP contribution in [0.1, 0.15) is 31.1 Å². The second kappa shape index (κ2) is 10.4. The van der Waals surface area contributed by atoms with Gasteiger partial charge >= 0.3 is 0 Å². The summed E-state index contributed by atoms with van der Waals surface area (Å²) >= 11 is 0. The molecule has 1 aromatic carbocycles. The summed E-state index contributed by atoms with van der Waals surface area (Å²) in [4.78, 5) is 25.5. The summed E-state index contributed by atoms with van der Waals surface area (Å²) in [6.07, 6.45) is 4.95. The van der Waals surface area contributed by atoms with Crippen molar-refractivity contribution in [2.24, 2.45) is 23.2 Å². The van der Waals surface area contributed by atoms with E-state index >= 15 is 0 Å². The lowest BCUT2D eigenvalue weighted by atomic mass is 9.87. The molecule has 0 unspecified atom stereocenters. The first-order valence-corrected chi connectivity index (χ1v) is 19.9. The van der Waals surface area contributed by atoms with Crippen molar-refractivity contribution in [3.8, 4) is 11.3 Å². The summed E-state index contributed by atoms with van der Waals surface area (Å²) < 4.78 is 31.4. The van der Waals surface area contributed by atoms with Gasteiger partial charge in [-0.05, 0) is 35.9 Å². The number of piperidine rings is 1. The molecule has 3 aromatic rings. The Balaban J connectivity index is 1.39. The molecular weight excluding hydrogens is 541 g/mol. The van der Waals surface area contributed by atoms with Gasteiger partial charge in [-0.1, -0.05) is 52.5 Å². The molecule has 0 spiro atoms. The minimum absolute atomic E-state index is 0.0264. The van der Waals surface area contributed by atoms with Gasteiger partial charge in [-0.25, -0.2) is 18.4 Å². The number of sulfone groups is 1. The molecule has 0 bridgehead atoms. The molecule has 8 nitrogen and oxygen atoms in total. The number of carbonyl (C=O) groups is 1. The number of carbonyl (C=O) groups excluding carboxylic acids is 1. The van der Waals surface area contributed by atoms with Crippen molar-refractivity contribution in [1.82, 2.24) is 14.5 Å². The highest BCUT2D eigenvalue weighted by molar-refractivity contribution is 7.90. The first kappa shape index (κ1) is 28.9. The molecule has 3 heterocycles. The van der Waals surface area contributed by atoms with Crippen molar-refractivity contribution < 1.29 is 17.9 Å². The predicted octanol–water partition coefficient (Wildman–Crippen LogP) is 5.37. The number of ketones is 1. The van der Waals surface area contributed by atoms with Crippen LogP contribution < -0.4 is 4.90 Å². The number of benzene rings is 1. The predicted molar refractivity (Wildman–Crippen MR) is 163 cm³/mol. The van der Waals surface area contributed by atoms with Crippen molar-refractivity contribution in [3.05, 3.63) is 42.2 Å². The summed E-state index contributed by atoms with van der Waals surface area (Å²) in [5.74, 6) is 1.52. The summed E-state index contributed by atoms with van der Waals surface area (Å²) in [5.41, 5.74) is 4.02. The van der Waals surface area contributed by atoms with Crippen LogP contribution in [-0.4, -0.2) is 68.5 Å². The molecule has 0 radical (unpaired) electrons. The number of fused-ring (bicyclic) bond motifs is 2. The van der Waals surface area contributed by atoms with E-state index in [-0.39, 0.29) is 5.78 Å². The van der Waals surface area contributed by atoms with Crippen LogP contribution in [-0.2, 0) is 21.3 Å². The number of nitrogens with zero attached hydrogens (tertiary/aromatic N) is 4. The Morgan fingerprint density at radius 1 is 1.15 bits per heavy atom. The van der Waals surface area contributed by atoms with E-state index in [1.807, 2.05) is 43.7 Å². The van der Waals surface area contributed by atoms with Crippen molar-refractivity contribution in [2.45, 2.75) is 53.2 Å². The van der Waals surface area contributed by atoms with E-state index in [0.717, 1.165) is 30.4 Å². The van der Waals surface area contributed by atoms with E-state index in [1.54, 1.807) is 6.20 Å². The zero-order valence-electron chi connectivity index (χ0n) is 24.8. The molecule has 1 saturated carbocycles. The smallest absolute Gasteiger partial charge is 0.171 e. The highest BCUT2D eigenvalue weighted by Crippen LogP contribution is 2.53. The van der Waals surface area contributed by atoms with Gasteiger partial charge in [0.25, 0.3) is 0 Å². The van der Waals surface area contributed by atoms with E-state index in [0.29, 0.717) is 59.3 Å². The van der Waals surface area contributed by atoms with Gasteiger partial charge < -0.3 is 14.2 Å². The van der Waals surface area contributed by atoms with E-state index in [1.165, 1.54) is 6.26 Å². The Bertz CT molecular complexity index is 1530. The van der Waals surface area contributed by atoms with Crippen molar-refractivity contribution in [2.75, 3.05) is 36.6 Å². The van der Waals surface area contributed by atoms with Crippen LogP contribution in [0.5, 0.6) is 0 Å². The van der Waals surface area contributed by atoms with E-state index in [2.05, 4.69) is 36.7 Å². The summed E-state index contributed by atoms with van der Waals surface area (Å²) in [7, 11) is -4.15. The van der Waals surface area contributed by atoms with Crippen molar-refractivity contribution in [3.63, 3.8) is 0 Å². The number of Topliss-reactive ketones (excluding diaryl/α,β-unsaturated/α-hetero) is 1. The van der Waals surface area contributed by atoms with Crippen LogP contribution in [0, 0.1) is 23.2 Å². The number of rotatable bonds is 10. The van der Waals surface area contributed by atoms with Crippen LogP contribution in [0.3, 0.4) is 0 Å². The molecule has 3 atom stereocenters. The standard InChI is InChI=1S/C30H42N4O4SSi/c1-30(2,3)28(35)24-17-34(19-38-11-12-40(5,6)7)29-27(24)32-26(14-31-29)20-9-8-10-21(13-20)33-15-22-23(16-33)25(22)18-39(4,36)37/h8-10,13-14,17,22-23,25H,11-12,15-16,18-19H2,1-7H3/t22-,23+,25+. The third-order valence-electron chi connectivity index (χ3n) is 8.09. The first-order valence-electron chi connectivity index (χ1n) is 14.1. The molecule has 216 valence electrons. The zero-order valence-corrected chi connectivity index (χ0v) is 26.6. The Kier molecular flexibility index (Phi) is 7.50. The van der Waals surface area contributed by atoms with Gasteiger partial charge in [0.15, 0.2) is 11.4 Å². The average Bonchev–Trinajstić information content (AvgIpc) is 3.20. The fourth-order valence-electron chi connectivity index (χ4n) is 5.72. The Labute approximate surface area is 239 Å². The molecular formula is C30H42N4O4SSi. The van der Waals surface area contributed by atoms with E-state index in [9.17, 15) is 13.2 Å². The van der Waals surface area contributed by atoms with Gasteiger partial charge in [0, 0.05) is 56.9 Å². The van der Waals surface area contributed by atoms with Crippen LogP contribution >= 0.6 is 0 Å². The number of hydrogen-bond donors (Lipinski definition) is 0. The Morgan fingerprint density at radius 3 is 2.48 bits per heavy atom. The normalized spacial score (nSPS) is 21.2. The maximum absolute atomic E-state index is 13.4. The van der Waals surface area contributed by atoms with Gasteiger partial charge in [-0.3, -0.25) is 4.79 Å².